The second kappa shape index (κ2) is 8.53. The first kappa shape index (κ1) is 19.3. The molecule has 0 aromatic heterocycles. The average Bonchev–Trinajstić information content (AvgIpc) is 3.19. The highest BCUT2D eigenvalue weighted by Gasteiger charge is 2.16. The molecule has 3 aromatic carbocycles. The van der Waals surface area contributed by atoms with E-state index in [0.717, 1.165) is 22.7 Å². The van der Waals surface area contributed by atoms with E-state index in [0.29, 0.717) is 18.2 Å². The minimum atomic E-state index is 0.277. The molecule has 29 heavy (non-hydrogen) atoms. The van der Waals surface area contributed by atoms with Crippen molar-refractivity contribution in [2.45, 2.75) is 26.9 Å². The van der Waals surface area contributed by atoms with Gasteiger partial charge in [0.15, 0.2) is 16.6 Å². The summed E-state index contributed by atoms with van der Waals surface area (Å²) in [5.74, 6) is 1.58. The molecule has 3 aromatic rings. The molecule has 0 saturated carbocycles. The maximum Gasteiger partial charge on any atom is 0.231 e. The highest BCUT2D eigenvalue weighted by Crippen LogP contribution is 2.33. The van der Waals surface area contributed by atoms with Crippen molar-refractivity contribution in [2.24, 2.45) is 0 Å². The van der Waals surface area contributed by atoms with Crippen LogP contribution >= 0.6 is 12.2 Å². The van der Waals surface area contributed by atoms with Gasteiger partial charge in [0, 0.05) is 18.8 Å². The molecule has 0 saturated heterocycles. The van der Waals surface area contributed by atoms with Gasteiger partial charge in [0.2, 0.25) is 6.79 Å². The molecule has 1 N–H and O–H groups in total. The van der Waals surface area contributed by atoms with Crippen LogP contribution in [0.2, 0.25) is 0 Å². The number of anilines is 1. The number of thiocarbonyl (C=S) groups is 1. The Morgan fingerprint density at radius 3 is 2.41 bits per heavy atom. The summed E-state index contributed by atoms with van der Waals surface area (Å²) in [7, 11) is 0. The number of aryl methyl sites for hydroxylation is 2. The van der Waals surface area contributed by atoms with Crippen molar-refractivity contribution in [3.05, 3.63) is 89.0 Å². The van der Waals surface area contributed by atoms with Gasteiger partial charge >= 0.3 is 0 Å². The van der Waals surface area contributed by atoms with Crippen molar-refractivity contribution in [3.63, 3.8) is 0 Å². The molecule has 148 valence electrons. The molecule has 0 atom stereocenters. The van der Waals surface area contributed by atoms with E-state index < -0.39 is 0 Å². The quantitative estimate of drug-likeness (QED) is 0.574. The lowest BCUT2D eigenvalue weighted by Gasteiger charge is -2.26. The molecular weight excluding hydrogens is 380 g/mol. The van der Waals surface area contributed by atoms with Gasteiger partial charge in [-0.05, 0) is 72.6 Å². The van der Waals surface area contributed by atoms with Gasteiger partial charge in [0.25, 0.3) is 0 Å². The number of hydrogen-bond donors (Lipinski definition) is 1. The van der Waals surface area contributed by atoms with Gasteiger partial charge in [-0.1, -0.05) is 42.5 Å². The largest absolute Gasteiger partial charge is 0.454 e. The molecule has 4 nitrogen and oxygen atoms in total. The monoisotopic (exact) mass is 404 g/mol. The maximum atomic E-state index is 5.79. The summed E-state index contributed by atoms with van der Waals surface area (Å²) in [6.45, 7) is 5.88. The zero-order valence-corrected chi connectivity index (χ0v) is 17.5. The molecule has 0 spiro atoms. The normalized spacial score (nSPS) is 11.9. The number of nitrogens with one attached hydrogen (secondary N) is 1. The standard InChI is InChI=1S/C24H24N2O2S/c1-17-8-10-21(12-18(17)2)25-24(29)26(14-19-6-4-3-5-7-19)15-20-9-11-22-23(13-20)28-16-27-22/h3-13H,14-16H2,1-2H3,(H,25,29). The molecule has 4 rings (SSSR count). The summed E-state index contributed by atoms with van der Waals surface area (Å²) in [6.07, 6.45) is 0. The number of rotatable bonds is 5. The van der Waals surface area contributed by atoms with E-state index in [1.807, 2.05) is 30.3 Å². The van der Waals surface area contributed by atoms with Crippen molar-refractivity contribution in [2.75, 3.05) is 12.1 Å². The summed E-state index contributed by atoms with van der Waals surface area (Å²) in [5, 5.41) is 4.09. The molecule has 5 heteroatoms. The van der Waals surface area contributed by atoms with E-state index in [-0.39, 0.29) is 6.79 Å². The Morgan fingerprint density at radius 1 is 0.862 bits per heavy atom. The lowest BCUT2D eigenvalue weighted by atomic mass is 10.1. The predicted molar refractivity (Wildman–Crippen MR) is 120 cm³/mol. The second-order valence-corrected chi connectivity index (χ2v) is 7.65. The van der Waals surface area contributed by atoms with Gasteiger partial charge in [0.1, 0.15) is 0 Å². The lowest BCUT2D eigenvalue weighted by molar-refractivity contribution is 0.174. The summed E-state index contributed by atoms with van der Waals surface area (Å²) in [4.78, 5) is 2.16. The van der Waals surface area contributed by atoms with E-state index >= 15 is 0 Å². The Bertz CT molecular complexity index is 1020. The van der Waals surface area contributed by atoms with Crippen LogP contribution in [0.3, 0.4) is 0 Å². The molecule has 1 aliphatic heterocycles. The third kappa shape index (κ3) is 4.69. The van der Waals surface area contributed by atoms with Gasteiger partial charge in [-0.25, -0.2) is 0 Å². The molecule has 1 aliphatic rings. The van der Waals surface area contributed by atoms with Crippen LogP contribution in [0.15, 0.2) is 66.7 Å². The van der Waals surface area contributed by atoms with Gasteiger partial charge in [-0.3, -0.25) is 0 Å². The number of hydrogen-bond acceptors (Lipinski definition) is 3. The highest BCUT2D eigenvalue weighted by molar-refractivity contribution is 7.80. The van der Waals surface area contributed by atoms with Crippen LogP contribution in [0.1, 0.15) is 22.3 Å². The van der Waals surface area contributed by atoms with E-state index in [2.05, 4.69) is 60.5 Å². The Labute approximate surface area is 177 Å². The summed E-state index contributed by atoms with van der Waals surface area (Å²) < 4.78 is 11.0. The summed E-state index contributed by atoms with van der Waals surface area (Å²) in [6, 6.07) is 22.7. The molecule has 0 fully saturated rings. The third-order valence-electron chi connectivity index (χ3n) is 5.07. The minimum absolute atomic E-state index is 0.277. The zero-order valence-electron chi connectivity index (χ0n) is 16.6. The SMILES string of the molecule is Cc1ccc(NC(=S)N(Cc2ccccc2)Cc2ccc3c(c2)OCO3)cc1C. The van der Waals surface area contributed by atoms with Crippen molar-refractivity contribution in [1.82, 2.24) is 4.90 Å². The summed E-state index contributed by atoms with van der Waals surface area (Å²) >= 11 is 5.79. The van der Waals surface area contributed by atoms with Crippen LogP contribution in [0.5, 0.6) is 11.5 Å². The maximum absolute atomic E-state index is 5.79. The fraction of sp³-hybridized carbons (Fsp3) is 0.208. The van der Waals surface area contributed by atoms with E-state index in [1.54, 1.807) is 0 Å². The number of fused-ring (bicyclic) bond motifs is 1. The van der Waals surface area contributed by atoms with Crippen LogP contribution in [0, 0.1) is 13.8 Å². The molecule has 1 heterocycles. The fourth-order valence-electron chi connectivity index (χ4n) is 3.28. The zero-order chi connectivity index (χ0) is 20.2. The first-order chi connectivity index (χ1) is 14.1. The number of benzene rings is 3. The Kier molecular flexibility index (Phi) is 5.67. The van der Waals surface area contributed by atoms with Gasteiger partial charge in [-0.15, -0.1) is 0 Å². The minimum Gasteiger partial charge on any atom is -0.454 e. The third-order valence-corrected chi connectivity index (χ3v) is 5.43. The smallest absolute Gasteiger partial charge is 0.231 e. The number of ether oxygens (including phenoxy) is 2. The van der Waals surface area contributed by atoms with Crippen LogP contribution in [-0.2, 0) is 13.1 Å². The Balaban J connectivity index is 1.55. The highest BCUT2D eigenvalue weighted by atomic mass is 32.1. The molecule has 0 amide bonds. The van der Waals surface area contributed by atoms with Crippen molar-refractivity contribution >= 4 is 23.0 Å². The predicted octanol–water partition coefficient (Wildman–Crippen LogP) is 5.43. The molecule has 0 unspecified atom stereocenters. The first-order valence-corrected chi connectivity index (χ1v) is 10.0. The Hall–Kier alpha value is -3.05. The Morgan fingerprint density at radius 2 is 1.62 bits per heavy atom. The van der Waals surface area contributed by atoms with Crippen molar-refractivity contribution in [3.8, 4) is 11.5 Å². The summed E-state index contributed by atoms with van der Waals surface area (Å²) in [5.41, 5.74) is 5.83. The van der Waals surface area contributed by atoms with E-state index in [4.69, 9.17) is 21.7 Å². The van der Waals surface area contributed by atoms with E-state index in [1.165, 1.54) is 16.7 Å². The van der Waals surface area contributed by atoms with Gasteiger partial charge in [0.05, 0.1) is 0 Å². The molecular formula is C24H24N2O2S. The molecule has 0 radical (unpaired) electrons. The second-order valence-electron chi connectivity index (χ2n) is 7.26. The average molecular weight is 405 g/mol. The lowest BCUT2D eigenvalue weighted by Crippen LogP contribution is -2.33. The van der Waals surface area contributed by atoms with Crippen LogP contribution in [0.25, 0.3) is 0 Å². The first-order valence-electron chi connectivity index (χ1n) is 9.64. The number of nitrogens with zero attached hydrogens (tertiary/aromatic N) is 1. The van der Waals surface area contributed by atoms with Gasteiger partial charge in [-0.2, -0.15) is 0 Å². The van der Waals surface area contributed by atoms with Crippen LogP contribution < -0.4 is 14.8 Å². The van der Waals surface area contributed by atoms with E-state index in [9.17, 15) is 0 Å². The molecule has 0 aliphatic carbocycles. The van der Waals surface area contributed by atoms with Gasteiger partial charge < -0.3 is 19.7 Å². The topological polar surface area (TPSA) is 33.7 Å². The van der Waals surface area contributed by atoms with Crippen LogP contribution in [-0.4, -0.2) is 16.8 Å². The fourth-order valence-corrected chi connectivity index (χ4v) is 3.53. The van der Waals surface area contributed by atoms with Crippen molar-refractivity contribution in [1.29, 1.82) is 0 Å². The molecule has 0 bridgehead atoms. The van der Waals surface area contributed by atoms with Crippen LogP contribution in [0.4, 0.5) is 5.69 Å². The van der Waals surface area contributed by atoms with Crippen molar-refractivity contribution < 1.29 is 9.47 Å².